The molecule has 1 atom stereocenters. The summed E-state index contributed by atoms with van der Waals surface area (Å²) in [5, 5.41) is 2.76. The van der Waals surface area contributed by atoms with Gasteiger partial charge in [-0.05, 0) is 48.9 Å². The summed E-state index contributed by atoms with van der Waals surface area (Å²) in [5.74, 6) is -0.673. The van der Waals surface area contributed by atoms with Gasteiger partial charge in [0.2, 0.25) is 15.9 Å². The normalized spacial score (nSPS) is 12.6. The Morgan fingerprint density at radius 1 is 1.07 bits per heavy atom. The van der Waals surface area contributed by atoms with E-state index >= 15 is 0 Å². The van der Waals surface area contributed by atoms with Crippen LogP contribution in [0.1, 0.15) is 44.2 Å². The average molecular weight is 421 g/mol. The number of para-hydroxylation sites is 1. The van der Waals surface area contributed by atoms with Gasteiger partial charge in [0.1, 0.15) is 11.9 Å². The predicted octanol–water partition coefficient (Wildman–Crippen LogP) is 3.85. The number of hydrogen-bond donors (Lipinski definition) is 1. The Labute approximate surface area is 173 Å². The molecular weight excluding hydrogens is 391 g/mol. The number of carbonyl (C=O) groups excluding carboxylic acids is 1. The lowest BCUT2D eigenvalue weighted by molar-refractivity contribution is -0.121. The quantitative estimate of drug-likeness (QED) is 0.627. The van der Waals surface area contributed by atoms with Crippen molar-refractivity contribution in [2.24, 2.45) is 0 Å². The van der Waals surface area contributed by atoms with E-state index in [1.807, 2.05) is 0 Å². The Morgan fingerprint density at radius 2 is 1.69 bits per heavy atom. The van der Waals surface area contributed by atoms with Crippen molar-refractivity contribution in [1.29, 1.82) is 0 Å². The molecule has 0 saturated heterocycles. The summed E-state index contributed by atoms with van der Waals surface area (Å²) in [4.78, 5) is 12.5. The summed E-state index contributed by atoms with van der Waals surface area (Å²) in [7, 11) is -3.84. The van der Waals surface area contributed by atoms with Gasteiger partial charge >= 0.3 is 0 Å². The third kappa shape index (κ3) is 6.29. The molecule has 0 aromatic heterocycles. The molecule has 0 unspecified atom stereocenters. The highest BCUT2D eigenvalue weighted by Crippen LogP contribution is 2.24. The van der Waals surface area contributed by atoms with Crippen molar-refractivity contribution in [3.05, 3.63) is 65.5 Å². The molecule has 0 heterocycles. The molecule has 158 valence electrons. The maximum atomic E-state index is 14.1. The van der Waals surface area contributed by atoms with Crippen molar-refractivity contribution in [3.63, 3.8) is 0 Å². The van der Waals surface area contributed by atoms with Gasteiger partial charge in [0, 0.05) is 6.54 Å². The first-order valence-corrected chi connectivity index (χ1v) is 11.6. The summed E-state index contributed by atoms with van der Waals surface area (Å²) < 4.78 is 39.3. The molecule has 0 aliphatic carbocycles. The largest absolute Gasteiger partial charge is 0.354 e. The van der Waals surface area contributed by atoms with Gasteiger partial charge in [-0.3, -0.25) is 9.10 Å². The highest BCUT2D eigenvalue weighted by Gasteiger charge is 2.30. The van der Waals surface area contributed by atoms with Gasteiger partial charge in [-0.2, -0.15) is 0 Å². The fraction of sp³-hybridized carbons (Fsp3) is 0.409. The third-order valence-electron chi connectivity index (χ3n) is 4.77. The van der Waals surface area contributed by atoms with Crippen molar-refractivity contribution in [3.8, 4) is 0 Å². The minimum absolute atomic E-state index is 0.136. The lowest BCUT2D eigenvalue weighted by Crippen LogP contribution is -2.48. The second-order valence-electron chi connectivity index (χ2n) is 7.48. The van der Waals surface area contributed by atoms with E-state index in [0.29, 0.717) is 12.5 Å². The lowest BCUT2D eigenvalue weighted by Gasteiger charge is -2.28. The first-order valence-electron chi connectivity index (χ1n) is 9.71. The van der Waals surface area contributed by atoms with E-state index in [-0.39, 0.29) is 5.69 Å². The number of hydrogen-bond acceptors (Lipinski definition) is 3. The Morgan fingerprint density at radius 3 is 2.24 bits per heavy atom. The number of amides is 1. The van der Waals surface area contributed by atoms with Gasteiger partial charge in [-0.15, -0.1) is 0 Å². The average Bonchev–Trinajstić information content (AvgIpc) is 2.66. The fourth-order valence-corrected chi connectivity index (χ4v) is 4.31. The van der Waals surface area contributed by atoms with Gasteiger partial charge in [-0.25, -0.2) is 12.8 Å². The minimum Gasteiger partial charge on any atom is -0.354 e. The molecule has 5 nitrogen and oxygen atoms in total. The molecule has 0 aliphatic heterocycles. The van der Waals surface area contributed by atoms with Gasteiger partial charge in [0.25, 0.3) is 0 Å². The molecule has 0 saturated carbocycles. The number of nitrogens with zero attached hydrogens (tertiary/aromatic N) is 1. The molecule has 2 aromatic rings. The van der Waals surface area contributed by atoms with Crippen LogP contribution in [0.2, 0.25) is 0 Å². The Bertz CT molecular complexity index is 927. The van der Waals surface area contributed by atoms with Crippen molar-refractivity contribution in [2.45, 2.75) is 45.6 Å². The number of nitrogens with one attached hydrogen (secondary N) is 1. The summed E-state index contributed by atoms with van der Waals surface area (Å²) in [6, 6.07) is 12.9. The number of aryl methyl sites for hydroxylation is 1. The van der Waals surface area contributed by atoms with Crippen molar-refractivity contribution in [2.75, 3.05) is 17.1 Å². The Hall–Kier alpha value is -2.41. The van der Waals surface area contributed by atoms with Crippen LogP contribution in [0.3, 0.4) is 0 Å². The standard InChI is InChI=1S/C22H29FN2O3S/c1-16(2)19-13-11-18(12-14-19)8-7-15-24-22(26)17(3)25(29(4,27)28)21-10-6-5-9-20(21)23/h5-6,9-14,16-17H,7-8,15H2,1-4H3,(H,24,26)/t17-/m0/s1. The van der Waals surface area contributed by atoms with E-state index in [4.69, 9.17) is 0 Å². The predicted molar refractivity (Wildman–Crippen MR) is 115 cm³/mol. The van der Waals surface area contributed by atoms with E-state index in [1.54, 1.807) is 0 Å². The first-order chi connectivity index (χ1) is 13.6. The second kappa shape index (κ2) is 9.87. The lowest BCUT2D eigenvalue weighted by atomic mass is 10.0. The summed E-state index contributed by atoms with van der Waals surface area (Å²) in [6.45, 7) is 6.15. The highest BCUT2D eigenvalue weighted by atomic mass is 32.2. The van der Waals surface area contributed by atoms with E-state index in [2.05, 4.69) is 43.4 Å². The fourth-order valence-electron chi connectivity index (χ4n) is 3.13. The molecule has 0 bridgehead atoms. The molecule has 2 rings (SSSR count). The van der Waals surface area contributed by atoms with Gasteiger partial charge in [0.15, 0.2) is 0 Å². The van der Waals surface area contributed by atoms with Crippen molar-refractivity contribution >= 4 is 21.6 Å². The minimum atomic E-state index is -3.84. The molecule has 0 spiro atoms. The van der Waals surface area contributed by atoms with E-state index in [1.165, 1.54) is 42.3 Å². The maximum absolute atomic E-state index is 14.1. The molecular formula is C22H29FN2O3S. The first kappa shape index (κ1) is 22.9. The zero-order valence-electron chi connectivity index (χ0n) is 17.4. The monoisotopic (exact) mass is 420 g/mol. The number of benzene rings is 2. The van der Waals surface area contributed by atoms with E-state index in [9.17, 15) is 17.6 Å². The van der Waals surface area contributed by atoms with Crippen LogP contribution in [-0.2, 0) is 21.2 Å². The number of sulfonamides is 1. The van der Waals surface area contributed by atoms with Gasteiger partial charge in [0.05, 0.1) is 11.9 Å². The van der Waals surface area contributed by atoms with Crippen LogP contribution >= 0.6 is 0 Å². The van der Waals surface area contributed by atoms with Crippen LogP contribution in [0.25, 0.3) is 0 Å². The van der Waals surface area contributed by atoms with Crippen LogP contribution in [0, 0.1) is 5.82 Å². The SMILES string of the molecule is CC(C)c1ccc(CCCNC(=O)[C@H](C)N(c2ccccc2F)S(C)(=O)=O)cc1. The summed E-state index contributed by atoms with van der Waals surface area (Å²) in [6.07, 6.45) is 2.48. The number of halogens is 1. The number of anilines is 1. The Balaban J connectivity index is 1.95. The highest BCUT2D eigenvalue weighted by molar-refractivity contribution is 7.92. The molecule has 0 aliphatic rings. The molecule has 2 aromatic carbocycles. The molecule has 0 fully saturated rings. The smallest absolute Gasteiger partial charge is 0.243 e. The van der Waals surface area contributed by atoms with Gasteiger partial charge in [-0.1, -0.05) is 50.2 Å². The number of rotatable bonds is 9. The van der Waals surface area contributed by atoms with Crippen LogP contribution in [0.4, 0.5) is 10.1 Å². The van der Waals surface area contributed by atoms with Crippen LogP contribution in [-0.4, -0.2) is 33.2 Å². The Kier molecular flexibility index (Phi) is 7.79. The van der Waals surface area contributed by atoms with E-state index in [0.717, 1.165) is 23.4 Å². The molecule has 0 radical (unpaired) electrons. The van der Waals surface area contributed by atoms with Crippen LogP contribution in [0.15, 0.2) is 48.5 Å². The number of carbonyl (C=O) groups is 1. The second-order valence-corrected chi connectivity index (χ2v) is 9.34. The van der Waals surface area contributed by atoms with Crippen LogP contribution in [0.5, 0.6) is 0 Å². The maximum Gasteiger partial charge on any atom is 0.243 e. The summed E-state index contributed by atoms with van der Waals surface area (Å²) >= 11 is 0. The topological polar surface area (TPSA) is 66.5 Å². The van der Waals surface area contributed by atoms with Crippen molar-refractivity contribution in [1.82, 2.24) is 5.32 Å². The zero-order valence-corrected chi connectivity index (χ0v) is 18.2. The molecule has 1 amide bonds. The van der Waals surface area contributed by atoms with Crippen LogP contribution < -0.4 is 9.62 Å². The zero-order chi connectivity index (χ0) is 21.6. The molecule has 1 N–H and O–H groups in total. The van der Waals surface area contributed by atoms with E-state index < -0.39 is 27.8 Å². The molecule has 7 heteroatoms. The molecule has 29 heavy (non-hydrogen) atoms. The van der Waals surface area contributed by atoms with Gasteiger partial charge < -0.3 is 5.32 Å². The summed E-state index contributed by atoms with van der Waals surface area (Å²) in [5.41, 5.74) is 2.33. The third-order valence-corrected chi connectivity index (χ3v) is 5.99. The van der Waals surface area contributed by atoms with Crippen molar-refractivity contribution < 1.29 is 17.6 Å².